The molecule has 0 unspecified atom stereocenters. The Morgan fingerprint density at radius 1 is 1.22 bits per heavy atom. The van der Waals surface area contributed by atoms with E-state index in [0.717, 1.165) is 39.8 Å². The van der Waals surface area contributed by atoms with Gasteiger partial charge in [-0.2, -0.15) is 5.10 Å². The van der Waals surface area contributed by atoms with E-state index in [1.54, 1.807) is 11.8 Å². The van der Waals surface area contributed by atoms with E-state index in [2.05, 4.69) is 10.00 Å². The Bertz CT molecular complexity index is 1090. The molecule has 0 spiro atoms. The van der Waals surface area contributed by atoms with E-state index in [4.69, 9.17) is 25.8 Å². The summed E-state index contributed by atoms with van der Waals surface area (Å²) in [5.74, 6) is 1.47. The molecule has 2 aliphatic heterocycles. The smallest absolute Gasteiger partial charge is 0.225 e. The summed E-state index contributed by atoms with van der Waals surface area (Å²) in [6.45, 7) is 9.60. The second-order valence-electron chi connectivity index (χ2n) is 10.4. The van der Waals surface area contributed by atoms with Crippen LogP contribution in [0.3, 0.4) is 0 Å². The van der Waals surface area contributed by atoms with Gasteiger partial charge in [0.05, 0.1) is 37.5 Å². The molecule has 2 aliphatic rings. The maximum Gasteiger partial charge on any atom is 0.225 e. The highest BCUT2D eigenvalue weighted by Gasteiger charge is 2.42. The molecule has 1 amide bonds. The van der Waals surface area contributed by atoms with Crippen LogP contribution in [0.4, 0.5) is 0 Å². The molecule has 204 valence electrons. The van der Waals surface area contributed by atoms with Gasteiger partial charge in [0.15, 0.2) is 0 Å². The molecule has 1 aromatic heterocycles. The zero-order valence-electron chi connectivity index (χ0n) is 22.6. The third-order valence-corrected chi connectivity index (χ3v) is 7.99. The number of morpholine rings is 1. The molecule has 1 N–H and O–H groups in total. The van der Waals surface area contributed by atoms with Crippen LogP contribution in [0.1, 0.15) is 41.6 Å². The molecular formula is C27H39ClN4O5. The summed E-state index contributed by atoms with van der Waals surface area (Å²) in [4.78, 5) is 17.5. The molecule has 0 aliphatic carbocycles. The van der Waals surface area contributed by atoms with Crippen molar-refractivity contribution in [2.75, 3.05) is 46.5 Å². The van der Waals surface area contributed by atoms with E-state index < -0.39 is 5.60 Å². The number of carbonyl (C=O) groups excluding carboxylic acids is 1. The zero-order valence-corrected chi connectivity index (χ0v) is 23.3. The van der Waals surface area contributed by atoms with Crippen LogP contribution in [-0.2, 0) is 23.1 Å². The number of aliphatic hydroxyl groups excluding tert-OH is 1. The minimum Gasteiger partial charge on any atom is -0.490 e. The summed E-state index contributed by atoms with van der Waals surface area (Å²) in [6, 6.07) is 3.84. The van der Waals surface area contributed by atoms with Crippen LogP contribution in [0.2, 0.25) is 5.02 Å². The van der Waals surface area contributed by atoms with Crippen LogP contribution in [-0.4, -0.2) is 88.8 Å². The number of rotatable bonds is 8. The van der Waals surface area contributed by atoms with Crippen molar-refractivity contribution >= 4 is 17.5 Å². The summed E-state index contributed by atoms with van der Waals surface area (Å²) in [5, 5.41) is 15.1. The maximum absolute atomic E-state index is 13.4. The molecule has 37 heavy (non-hydrogen) atoms. The lowest BCUT2D eigenvalue weighted by Gasteiger charge is -2.43. The number of methoxy groups -OCH3 is 1. The van der Waals surface area contributed by atoms with Gasteiger partial charge in [0.2, 0.25) is 11.8 Å². The molecule has 2 aromatic rings. The maximum atomic E-state index is 13.4. The minimum absolute atomic E-state index is 0.0240. The van der Waals surface area contributed by atoms with Crippen molar-refractivity contribution < 1.29 is 24.1 Å². The van der Waals surface area contributed by atoms with Crippen molar-refractivity contribution in [3.63, 3.8) is 0 Å². The van der Waals surface area contributed by atoms with E-state index in [0.29, 0.717) is 51.4 Å². The number of aliphatic hydroxyl groups is 1. The fraction of sp³-hybridized carbons (Fsp3) is 0.630. The number of halogens is 1. The van der Waals surface area contributed by atoms with Gasteiger partial charge in [-0.1, -0.05) is 11.6 Å². The summed E-state index contributed by atoms with van der Waals surface area (Å²) in [5.41, 5.74) is 3.01. The van der Waals surface area contributed by atoms with E-state index in [1.165, 1.54) is 0 Å². The normalized spacial score (nSPS) is 21.3. The molecule has 4 rings (SSSR count). The number of aromatic nitrogens is 2. The standard InChI is InChI=1S/C27H39ClN4O5/c1-18-12-22(13-19(2)25(18)28)36-17-27(14-24(34)32-8-6-21(33)7-9-32)16-31(10-11-37-27)15-23-20(3)29-30(4)26(23)35-5/h12-13,21,33H,6-11,14-17H2,1-5H3/t27-/m1/s1. The number of aryl methyl sites for hydroxylation is 4. The number of nitrogens with zero attached hydrogens (tertiary/aromatic N) is 4. The number of benzene rings is 1. The number of amides is 1. The highest BCUT2D eigenvalue weighted by Crippen LogP contribution is 2.31. The molecule has 0 radical (unpaired) electrons. The predicted molar refractivity (Wildman–Crippen MR) is 141 cm³/mol. The Morgan fingerprint density at radius 3 is 2.54 bits per heavy atom. The molecule has 1 atom stereocenters. The van der Waals surface area contributed by atoms with Crippen LogP contribution < -0.4 is 9.47 Å². The van der Waals surface area contributed by atoms with E-state index >= 15 is 0 Å². The van der Waals surface area contributed by atoms with Crippen molar-refractivity contribution in [1.82, 2.24) is 19.6 Å². The van der Waals surface area contributed by atoms with Crippen LogP contribution in [0.25, 0.3) is 0 Å². The first-order valence-electron chi connectivity index (χ1n) is 12.9. The van der Waals surface area contributed by atoms with Gasteiger partial charge in [0.25, 0.3) is 0 Å². The van der Waals surface area contributed by atoms with Crippen molar-refractivity contribution in [3.05, 3.63) is 39.5 Å². The lowest BCUT2D eigenvalue weighted by atomic mass is 9.95. The quantitative estimate of drug-likeness (QED) is 0.557. The van der Waals surface area contributed by atoms with Gasteiger partial charge in [-0.3, -0.25) is 9.69 Å². The van der Waals surface area contributed by atoms with Crippen LogP contribution in [0.15, 0.2) is 12.1 Å². The lowest BCUT2D eigenvalue weighted by molar-refractivity contribution is -0.158. The molecule has 9 nitrogen and oxygen atoms in total. The third kappa shape index (κ3) is 6.39. The lowest BCUT2D eigenvalue weighted by Crippen LogP contribution is -2.57. The van der Waals surface area contributed by atoms with E-state index in [-0.39, 0.29) is 25.0 Å². The van der Waals surface area contributed by atoms with Gasteiger partial charge >= 0.3 is 0 Å². The van der Waals surface area contributed by atoms with Crippen LogP contribution in [0.5, 0.6) is 11.6 Å². The number of likely N-dealkylation sites (tertiary alicyclic amines) is 1. The van der Waals surface area contributed by atoms with Crippen molar-refractivity contribution in [3.8, 4) is 11.6 Å². The first kappa shape index (κ1) is 27.7. The average molecular weight is 535 g/mol. The molecule has 10 heteroatoms. The molecule has 1 aromatic carbocycles. The van der Waals surface area contributed by atoms with Crippen molar-refractivity contribution in [1.29, 1.82) is 0 Å². The number of ether oxygens (including phenoxy) is 3. The molecule has 2 fully saturated rings. The molecular weight excluding hydrogens is 496 g/mol. The number of carbonyl (C=O) groups is 1. The number of hydrogen-bond acceptors (Lipinski definition) is 7. The Kier molecular flexibility index (Phi) is 8.68. The third-order valence-electron chi connectivity index (χ3n) is 7.39. The van der Waals surface area contributed by atoms with E-state index in [9.17, 15) is 9.90 Å². The SMILES string of the molecule is COc1c(CN2CCO[C@](COc3cc(C)c(Cl)c(C)c3)(CC(=O)N3CCC(O)CC3)C2)c(C)nn1C. The van der Waals surface area contributed by atoms with Crippen molar-refractivity contribution in [2.45, 2.75) is 58.3 Å². The van der Waals surface area contributed by atoms with Gasteiger partial charge in [-0.15, -0.1) is 0 Å². The van der Waals surface area contributed by atoms with E-state index in [1.807, 2.05) is 44.9 Å². The molecule has 2 saturated heterocycles. The largest absolute Gasteiger partial charge is 0.490 e. The highest BCUT2D eigenvalue weighted by atomic mass is 35.5. The first-order chi connectivity index (χ1) is 17.6. The Hall–Kier alpha value is -2.33. The number of hydrogen-bond donors (Lipinski definition) is 1. The highest BCUT2D eigenvalue weighted by molar-refractivity contribution is 6.32. The Labute approximate surface area is 224 Å². The monoisotopic (exact) mass is 534 g/mol. The summed E-state index contributed by atoms with van der Waals surface area (Å²) in [7, 11) is 3.53. The second-order valence-corrected chi connectivity index (χ2v) is 10.8. The second kappa shape index (κ2) is 11.6. The van der Waals surface area contributed by atoms with Gasteiger partial charge in [-0.25, -0.2) is 4.68 Å². The van der Waals surface area contributed by atoms with Crippen LogP contribution >= 0.6 is 11.6 Å². The first-order valence-corrected chi connectivity index (χ1v) is 13.3. The fourth-order valence-electron chi connectivity index (χ4n) is 5.35. The van der Waals surface area contributed by atoms with Crippen molar-refractivity contribution in [2.24, 2.45) is 7.05 Å². The van der Waals surface area contributed by atoms with Gasteiger partial charge in [-0.05, 0) is 56.9 Å². The number of piperidine rings is 1. The molecule has 3 heterocycles. The summed E-state index contributed by atoms with van der Waals surface area (Å²) < 4.78 is 20.0. The fourth-order valence-corrected chi connectivity index (χ4v) is 5.46. The van der Waals surface area contributed by atoms with Crippen LogP contribution in [0, 0.1) is 20.8 Å². The average Bonchev–Trinajstić information content (AvgIpc) is 3.13. The Balaban J connectivity index is 1.55. The Morgan fingerprint density at radius 2 is 1.89 bits per heavy atom. The molecule has 0 bridgehead atoms. The summed E-state index contributed by atoms with van der Waals surface area (Å²) >= 11 is 6.35. The topological polar surface area (TPSA) is 89.3 Å². The summed E-state index contributed by atoms with van der Waals surface area (Å²) in [6.07, 6.45) is 1.07. The zero-order chi connectivity index (χ0) is 26.7. The predicted octanol–water partition coefficient (Wildman–Crippen LogP) is 3.03. The van der Waals surface area contributed by atoms with Gasteiger partial charge in [0.1, 0.15) is 18.0 Å². The minimum atomic E-state index is -0.823. The van der Waals surface area contributed by atoms with Gasteiger partial charge < -0.3 is 24.2 Å². The van der Waals surface area contributed by atoms with Gasteiger partial charge in [0, 0.05) is 44.8 Å². The molecule has 0 saturated carbocycles.